The third-order valence-electron chi connectivity index (χ3n) is 5.43. The molecule has 0 heterocycles. The predicted octanol–water partition coefficient (Wildman–Crippen LogP) is 2.10. The summed E-state index contributed by atoms with van der Waals surface area (Å²) >= 11 is 0. The van der Waals surface area contributed by atoms with Crippen LogP contribution in [0.5, 0.6) is 0 Å². The van der Waals surface area contributed by atoms with Crippen LogP contribution in [-0.2, 0) is 34.1 Å². The molecule has 0 aromatic heterocycles. The van der Waals surface area contributed by atoms with Crippen molar-refractivity contribution < 1.29 is 28.7 Å². The molecule has 3 N–H and O–H groups in total. The summed E-state index contributed by atoms with van der Waals surface area (Å²) < 4.78 is 9.97. The van der Waals surface area contributed by atoms with Crippen molar-refractivity contribution in [3.05, 3.63) is 71.8 Å². The highest BCUT2D eigenvalue weighted by atomic mass is 16.5. The molecule has 2 aromatic carbocycles. The lowest BCUT2D eigenvalue weighted by Crippen LogP contribution is -2.56. The Hall–Kier alpha value is -3.68. The highest BCUT2D eigenvalue weighted by molar-refractivity contribution is 5.97. The molecule has 0 fully saturated rings. The van der Waals surface area contributed by atoms with E-state index in [4.69, 9.17) is 15.2 Å². The topological polar surface area (TPSA) is 125 Å². The number of esters is 2. The minimum absolute atomic E-state index is 0.0311. The van der Waals surface area contributed by atoms with Gasteiger partial charge in [0.05, 0.1) is 31.0 Å². The molecule has 0 saturated heterocycles. The Balaban J connectivity index is 2.47. The van der Waals surface area contributed by atoms with E-state index in [0.29, 0.717) is 11.1 Å². The molecule has 2 aromatic rings. The first kappa shape index (κ1) is 25.6. The van der Waals surface area contributed by atoms with Crippen LogP contribution in [-0.4, -0.2) is 43.0 Å². The molecule has 0 unspecified atom stereocenters. The molecule has 0 aliphatic carbocycles. The van der Waals surface area contributed by atoms with E-state index in [1.54, 1.807) is 69.3 Å². The van der Waals surface area contributed by atoms with E-state index in [9.17, 15) is 19.2 Å². The average Bonchev–Trinajstić information content (AvgIpc) is 2.81. The highest BCUT2D eigenvalue weighted by Gasteiger charge is 2.43. The first-order chi connectivity index (χ1) is 15.7. The van der Waals surface area contributed by atoms with Crippen LogP contribution < -0.4 is 11.1 Å². The van der Waals surface area contributed by atoms with Gasteiger partial charge in [-0.2, -0.15) is 0 Å². The maximum atomic E-state index is 13.7. The van der Waals surface area contributed by atoms with Crippen molar-refractivity contribution in [2.45, 2.75) is 38.6 Å². The number of benzene rings is 2. The van der Waals surface area contributed by atoms with Crippen LogP contribution in [0, 0.1) is 5.92 Å². The number of nitrogens with two attached hydrogens (primary N) is 1. The van der Waals surface area contributed by atoms with Crippen LogP contribution in [0.2, 0.25) is 0 Å². The number of carbonyl (C=O) groups excluding carboxylic acids is 4. The molecule has 0 spiro atoms. The van der Waals surface area contributed by atoms with E-state index in [2.05, 4.69) is 5.32 Å². The summed E-state index contributed by atoms with van der Waals surface area (Å²) in [6.45, 7) is 5.07. The molecule has 8 heteroatoms. The van der Waals surface area contributed by atoms with E-state index in [1.165, 1.54) is 0 Å². The Morgan fingerprint density at radius 3 is 1.79 bits per heavy atom. The zero-order chi connectivity index (χ0) is 24.4. The number of hydrogen-bond donors (Lipinski definition) is 2. The van der Waals surface area contributed by atoms with Crippen molar-refractivity contribution in [2.24, 2.45) is 11.7 Å². The van der Waals surface area contributed by atoms with Crippen LogP contribution in [0.1, 0.15) is 38.3 Å². The second kappa shape index (κ2) is 11.8. The Labute approximate surface area is 193 Å². The molecule has 33 heavy (non-hydrogen) atoms. The SMILES string of the molecule is CCOC(=O)C[C@H](C(=O)OCC)[C@@H](NC(=O)C(C)(c1ccccc1)c1ccccc1)C(N)=O. The molecule has 0 radical (unpaired) electrons. The van der Waals surface area contributed by atoms with Crippen molar-refractivity contribution in [1.29, 1.82) is 0 Å². The van der Waals surface area contributed by atoms with Gasteiger partial charge in [0.25, 0.3) is 0 Å². The smallest absolute Gasteiger partial charge is 0.312 e. The first-order valence-electron chi connectivity index (χ1n) is 10.8. The van der Waals surface area contributed by atoms with Crippen molar-refractivity contribution in [1.82, 2.24) is 5.32 Å². The summed E-state index contributed by atoms with van der Waals surface area (Å²) in [6.07, 6.45) is -0.464. The van der Waals surface area contributed by atoms with Gasteiger partial charge in [-0.05, 0) is 31.9 Å². The van der Waals surface area contributed by atoms with Crippen LogP contribution in [0.4, 0.5) is 0 Å². The van der Waals surface area contributed by atoms with E-state index < -0.39 is 47.5 Å². The fourth-order valence-electron chi connectivity index (χ4n) is 3.61. The standard InChI is InChI=1S/C25H30N2O6/c1-4-32-20(28)16-19(23(30)33-5-2)21(22(26)29)27-24(31)25(3,17-12-8-6-9-13-17)18-14-10-7-11-15-18/h6-15,19,21H,4-5,16H2,1-3H3,(H2,26,29)(H,27,31)/t19-,21+/m0/s1. The number of nitrogens with one attached hydrogen (secondary N) is 1. The van der Waals surface area contributed by atoms with Crippen LogP contribution in [0.25, 0.3) is 0 Å². The number of carbonyl (C=O) groups is 4. The van der Waals surface area contributed by atoms with E-state index in [0.717, 1.165) is 0 Å². The van der Waals surface area contributed by atoms with E-state index >= 15 is 0 Å². The molecule has 0 bridgehead atoms. The molecule has 8 nitrogen and oxygen atoms in total. The minimum atomic E-state index is -1.48. The Bertz CT molecular complexity index is 922. The molecule has 0 aliphatic rings. The van der Waals surface area contributed by atoms with E-state index in [-0.39, 0.29) is 13.2 Å². The molecular weight excluding hydrogens is 424 g/mol. The molecule has 0 saturated carbocycles. The van der Waals surface area contributed by atoms with Gasteiger partial charge in [0, 0.05) is 0 Å². The average molecular weight is 455 g/mol. The van der Waals surface area contributed by atoms with Gasteiger partial charge in [-0.1, -0.05) is 60.7 Å². The highest BCUT2D eigenvalue weighted by Crippen LogP contribution is 2.32. The van der Waals surface area contributed by atoms with Gasteiger partial charge in [-0.25, -0.2) is 0 Å². The van der Waals surface area contributed by atoms with Crippen LogP contribution in [0.15, 0.2) is 60.7 Å². The molecule has 176 valence electrons. The first-order valence-corrected chi connectivity index (χ1v) is 10.8. The third kappa shape index (κ3) is 6.19. The van der Waals surface area contributed by atoms with Crippen LogP contribution in [0.3, 0.4) is 0 Å². The van der Waals surface area contributed by atoms with Gasteiger partial charge in [0.15, 0.2) is 0 Å². The van der Waals surface area contributed by atoms with Gasteiger partial charge in [-0.3, -0.25) is 19.2 Å². The monoisotopic (exact) mass is 454 g/mol. The van der Waals surface area contributed by atoms with Gasteiger partial charge in [0.2, 0.25) is 11.8 Å². The van der Waals surface area contributed by atoms with Gasteiger partial charge < -0.3 is 20.5 Å². The van der Waals surface area contributed by atoms with Crippen molar-refractivity contribution in [2.75, 3.05) is 13.2 Å². The summed E-state index contributed by atoms with van der Waals surface area (Å²) in [4.78, 5) is 50.8. The van der Waals surface area contributed by atoms with Crippen LogP contribution >= 0.6 is 0 Å². The van der Waals surface area contributed by atoms with Gasteiger partial charge in [0.1, 0.15) is 6.04 Å². The maximum Gasteiger partial charge on any atom is 0.312 e. The summed E-state index contributed by atoms with van der Waals surface area (Å²) in [5.41, 5.74) is 5.72. The molecule has 2 rings (SSSR count). The van der Waals surface area contributed by atoms with Gasteiger partial charge in [-0.15, -0.1) is 0 Å². The molecule has 2 amide bonds. The summed E-state index contributed by atoms with van der Waals surface area (Å²) in [7, 11) is 0. The normalized spacial score (nSPS) is 12.8. The van der Waals surface area contributed by atoms with E-state index in [1.807, 2.05) is 12.1 Å². The lowest BCUT2D eigenvalue weighted by atomic mass is 9.75. The summed E-state index contributed by atoms with van der Waals surface area (Å²) in [5, 5.41) is 2.62. The maximum absolute atomic E-state index is 13.7. The molecule has 2 atom stereocenters. The quantitative estimate of drug-likeness (QED) is 0.501. The fraction of sp³-hybridized carbons (Fsp3) is 0.360. The number of ether oxygens (including phenoxy) is 2. The summed E-state index contributed by atoms with van der Waals surface area (Å²) in [5.74, 6) is -4.38. The molecular formula is C25H30N2O6. The molecule has 0 aliphatic heterocycles. The fourth-order valence-corrected chi connectivity index (χ4v) is 3.61. The number of hydrogen-bond acceptors (Lipinski definition) is 6. The second-order valence-corrected chi connectivity index (χ2v) is 7.58. The Morgan fingerprint density at radius 1 is 0.879 bits per heavy atom. The number of amides is 2. The lowest BCUT2D eigenvalue weighted by molar-refractivity contribution is -0.157. The second-order valence-electron chi connectivity index (χ2n) is 7.58. The van der Waals surface area contributed by atoms with Gasteiger partial charge >= 0.3 is 11.9 Å². The van der Waals surface area contributed by atoms with Crippen molar-refractivity contribution in [3.63, 3.8) is 0 Å². The summed E-state index contributed by atoms with van der Waals surface area (Å²) in [6, 6.07) is 16.6. The Kier molecular flexibility index (Phi) is 9.15. The third-order valence-corrected chi connectivity index (χ3v) is 5.43. The zero-order valence-electron chi connectivity index (χ0n) is 19.1. The zero-order valence-corrected chi connectivity index (χ0v) is 19.1. The number of rotatable bonds is 11. The lowest BCUT2D eigenvalue weighted by Gasteiger charge is -2.32. The number of primary amides is 1. The minimum Gasteiger partial charge on any atom is -0.466 e. The predicted molar refractivity (Wildman–Crippen MR) is 122 cm³/mol. The largest absolute Gasteiger partial charge is 0.466 e. The van der Waals surface area contributed by atoms with Crippen molar-refractivity contribution in [3.8, 4) is 0 Å². The Morgan fingerprint density at radius 2 is 1.36 bits per heavy atom. The van der Waals surface area contributed by atoms with Crippen molar-refractivity contribution >= 4 is 23.8 Å².